The number of benzene rings is 1. The van der Waals surface area contributed by atoms with Gasteiger partial charge in [-0.25, -0.2) is 15.4 Å². The van der Waals surface area contributed by atoms with Gasteiger partial charge in [0.05, 0.1) is 71.7 Å². The van der Waals surface area contributed by atoms with Crippen LogP contribution in [0, 0.1) is 0 Å². The molecule has 3 aromatic rings. The maximum absolute atomic E-state index is 12.3. The zero-order chi connectivity index (χ0) is 27.7. The van der Waals surface area contributed by atoms with Gasteiger partial charge in [-0.3, -0.25) is 25.4 Å². The van der Waals surface area contributed by atoms with Crippen molar-refractivity contribution in [3.63, 3.8) is 0 Å². The van der Waals surface area contributed by atoms with E-state index < -0.39 is 5.56 Å². The smallest absolute Gasteiger partial charge is 0.280 e. The third kappa shape index (κ3) is 10.6. The number of fused-ring (bicyclic) bond motifs is 1. The predicted octanol–water partition coefficient (Wildman–Crippen LogP) is -0.222. The first kappa shape index (κ1) is 29.3. The van der Waals surface area contributed by atoms with Crippen LogP contribution in [0.5, 0.6) is 0 Å². The lowest BCUT2D eigenvalue weighted by atomic mass is 10.2. The van der Waals surface area contributed by atoms with Crippen LogP contribution in [-0.2, 0) is 20.8 Å². The number of carbonyl (C=O) groups excluding carboxylic acids is 1. The number of nitrogens with zero attached hydrogens (tertiary/aromatic N) is 5. The number of nitrogens with one attached hydrogen (secondary N) is 5. The number of anilines is 2. The molecule has 0 saturated carbocycles. The van der Waals surface area contributed by atoms with Crippen molar-refractivity contribution in [2.45, 2.75) is 6.54 Å². The molecular weight excluding hydrogens is 510 g/mol. The Labute approximate surface area is 224 Å². The lowest BCUT2D eigenvalue weighted by Gasteiger charge is -2.10. The van der Waals surface area contributed by atoms with E-state index in [1.807, 2.05) is 0 Å². The van der Waals surface area contributed by atoms with Crippen LogP contribution >= 0.6 is 0 Å². The normalized spacial score (nSPS) is 11.2. The molecule has 2 heterocycles. The Morgan fingerprint density at radius 1 is 1.00 bits per heavy atom. The zero-order valence-corrected chi connectivity index (χ0v) is 21.6. The third-order valence-corrected chi connectivity index (χ3v) is 4.95. The number of nitrogens with two attached hydrogens (primary N) is 1. The highest BCUT2D eigenvalue weighted by atomic mass is 16.5. The van der Waals surface area contributed by atoms with Crippen molar-refractivity contribution in [3.8, 4) is 0 Å². The molecule has 16 nitrogen and oxygen atoms in total. The summed E-state index contributed by atoms with van der Waals surface area (Å²) in [7, 11) is 1.59. The van der Waals surface area contributed by atoms with Gasteiger partial charge < -0.3 is 25.3 Å². The van der Waals surface area contributed by atoms with Gasteiger partial charge in [-0.2, -0.15) is 10.1 Å². The Hall–Kier alpha value is -4.25. The average Bonchev–Trinajstić information content (AvgIpc) is 2.94. The maximum Gasteiger partial charge on any atom is 0.280 e. The van der Waals surface area contributed by atoms with E-state index in [0.29, 0.717) is 70.5 Å². The first-order chi connectivity index (χ1) is 19.1. The average molecular weight is 544 g/mol. The van der Waals surface area contributed by atoms with Gasteiger partial charge in [-0.05, 0) is 24.3 Å². The molecule has 16 heteroatoms. The lowest BCUT2D eigenvalue weighted by Crippen LogP contribution is -2.39. The molecule has 0 bridgehead atoms. The summed E-state index contributed by atoms with van der Waals surface area (Å²) in [5.41, 5.74) is 15.3. The number of rotatable bonds is 18. The molecule has 0 aliphatic heterocycles. The van der Waals surface area contributed by atoms with Crippen molar-refractivity contribution in [2.75, 3.05) is 70.8 Å². The Bertz CT molecular complexity index is 1250. The minimum Gasteiger partial charge on any atom is -0.379 e. The SMILES string of the molecule is CN=NNCCOCCOCCOCCNNC(=O)c1ccc(NCc2cnc3nc(N)[nH]c(=O)c3n2)cc1. The first-order valence-electron chi connectivity index (χ1n) is 12.2. The van der Waals surface area contributed by atoms with Crippen molar-refractivity contribution in [3.05, 3.63) is 52.1 Å². The number of aromatic amines is 1. The van der Waals surface area contributed by atoms with Crippen LogP contribution in [0.15, 0.2) is 45.6 Å². The van der Waals surface area contributed by atoms with Crippen LogP contribution in [0.25, 0.3) is 11.2 Å². The summed E-state index contributed by atoms with van der Waals surface area (Å²) in [6.07, 6.45) is 1.52. The molecule has 39 heavy (non-hydrogen) atoms. The van der Waals surface area contributed by atoms with E-state index in [2.05, 4.69) is 51.9 Å². The van der Waals surface area contributed by atoms with Crippen molar-refractivity contribution in [1.82, 2.24) is 36.2 Å². The fourth-order valence-corrected chi connectivity index (χ4v) is 3.11. The molecule has 0 fully saturated rings. The minimum absolute atomic E-state index is 0.0131. The number of H-pyrrole nitrogens is 1. The standard InChI is InChI=1S/C23H33N11O5/c1-25-34-29-7-9-38-11-13-39-12-10-37-8-6-28-33-21(35)16-2-4-17(5-3-16)26-14-18-15-27-20-19(30-18)22(36)32-23(24)31-20/h2-5,15,26,28H,6-14H2,1H3,(H,25,29)(H,33,35)(H3,24,27,31,32,36). The number of aromatic nitrogens is 4. The van der Waals surface area contributed by atoms with Crippen LogP contribution in [0.1, 0.15) is 16.1 Å². The molecule has 0 aliphatic carbocycles. The summed E-state index contributed by atoms with van der Waals surface area (Å²) in [6, 6.07) is 6.91. The Kier molecular flexibility index (Phi) is 12.4. The fourth-order valence-electron chi connectivity index (χ4n) is 3.11. The highest BCUT2D eigenvalue weighted by Gasteiger charge is 2.08. The molecule has 0 saturated heterocycles. The lowest BCUT2D eigenvalue weighted by molar-refractivity contribution is 0.0154. The first-order valence-corrected chi connectivity index (χ1v) is 12.2. The number of amides is 1. The summed E-state index contributed by atoms with van der Waals surface area (Å²) in [6.45, 7) is 4.16. The van der Waals surface area contributed by atoms with Gasteiger partial charge in [0.2, 0.25) is 5.95 Å². The molecule has 3 rings (SSSR count). The van der Waals surface area contributed by atoms with E-state index in [9.17, 15) is 9.59 Å². The number of hydrazine groups is 1. The highest BCUT2D eigenvalue weighted by Crippen LogP contribution is 2.11. The van der Waals surface area contributed by atoms with E-state index in [4.69, 9.17) is 19.9 Å². The monoisotopic (exact) mass is 543 g/mol. The van der Waals surface area contributed by atoms with Crippen molar-refractivity contribution < 1.29 is 19.0 Å². The van der Waals surface area contributed by atoms with Crippen LogP contribution < -0.4 is 32.9 Å². The van der Waals surface area contributed by atoms with E-state index in [1.165, 1.54) is 6.20 Å². The molecule has 1 amide bonds. The van der Waals surface area contributed by atoms with Crippen molar-refractivity contribution >= 4 is 28.7 Å². The summed E-state index contributed by atoms with van der Waals surface area (Å²) < 4.78 is 16.2. The maximum atomic E-state index is 12.3. The largest absolute Gasteiger partial charge is 0.379 e. The molecule has 0 atom stereocenters. The van der Waals surface area contributed by atoms with E-state index in [-0.39, 0.29) is 23.0 Å². The van der Waals surface area contributed by atoms with Gasteiger partial charge in [0.15, 0.2) is 11.2 Å². The van der Waals surface area contributed by atoms with Gasteiger partial charge in [0.25, 0.3) is 11.5 Å². The number of ether oxygens (including phenoxy) is 3. The van der Waals surface area contributed by atoms with Gasteiger partial charge >= 0.3 is 0 Å². The van der Waals surface area contributed by atoms with Gasteiger partial charge in [0, 0.05) is 17.8 Å². The van der Waals surface area contributed by atoms with Crippen LogP contribution in [-0.4, -0.2) is 85.6 Å². The van der Waals surface area contributed by atoms with Gasteiger partial charge in [-0.1, -0.05) is 5.22 Å². The third-order valence-electron chi connectivity index (χ3n) is 4.95. The van der Waals surface area contributed by atoms with Gasteiger partial charge in [0.1, 0.15) is 0 Å². The molecule has 0 spiro atoms. The van der Waals surface area contributed by atoms with E-state index in [0.717, 1.165) is 5.69 Å². The number of carbonyl (C=O) groups is 1. The molecule has 7 N–H and O–H groups in total. The molecule has 0 unspecified atom stereocenters. The van der Waals surface area contributed by atoms with E-state index >= 15 is 0 Å². The second-order valence-electron chi connectivity index (χ2n) is 7.84. The summed E-state index contributed by atoms with van der Waals surface area (Å²) in [5.74, 6) is -0.287. The number of hydrogen-bond donors (Lipinski definition) is 6. The Morgan fingerprint density at radius 3 is 2.41 bits per heavy atom. The van der Waals surface area contributed by atoms with Crippen LogP contribution in [0.2, 0.25) is 0 Å². The highest BCUT2D eigenvalue weighted by molar-refractivity contribution is 5.94. The second kappa shape index (κ2) is 16.6. The second-order valence-corrected chi connectivity index (χ2v) is 7.84. The van der Waals surface area contributed by atoms with Gasteiger partial charge in [-0.15, -0.1) is 0 Å². The fraction of sp³-hybridized carbons (Fsp3) is 0.435. The van der Waals surface area contributed by atoms with Crippen LogP contribution in [0.4, 0.5) is 11.6 Å². The molecule has 2 aromatic heterocycles. The molecule has 0 radical (unpaired) electrons. The van der Waals surface area contributed by atoms with Crippen molar-refractivity contribution in [2.24, 2.45) is 10.3 Å². The van der Waals surface area contributed by atoms with Crippen molar-refractivity contribution in [1.29, 1.82) is 0 Å². The summed E-state index contributed by atoms with van der Waals surface area (Å²) in [4.78, 5) is 39.0. The summed E-state index contributed by atoms with van der Waals surface area (Å²) >= 11 is 0. The summed E-state index contributed by atoms with van der Waals surface area (Å²) in [5, 5.41) is 10.3. The molecule has 210 valence electrons. The topological polar surface area (TPSA) is 215 Å². The van der Waals surface area contributed by atoms with Crippen LogP contribution in [0.3, 0.4) is 0 Å². The van der Waals surface area contributed by atoms with E-state index in [1.54, 1.807) is 31.3 Å². The Balaban J connectivity index is 1.24. The molecule has 0 aliphatic rings. The zero-order valence-electron chi connectivity index (χ0n) is 21.6. The molecule has 1 aromatic carbocycles. The predicted molar refractivity (Wildman–Crippen MR) is 143 cm³/mol. The Morgan fingerprint density at radius 2 is 1.69 bits per heavy atom. The molecular formula is C23H33N11O5. The number of hydrogen-bond acceptors (Lipinski definition) is 13. The number of nitrogen functional groups attached to an aromatic ring is 1. The quantitative estimate of drug-likeness (QED) is 0.0697. The minimum atomic E-state index is -0.449.